The Morgan fingerprint density at radius 3 is 2.51 bits per heavy atom. The van der Waals surface area contributed by atoms with Gasteiger partial charge in [0.05, 0.1) is 23.8 Å². The molecule has 0 saturated heterocycles. The third-order valence-electron chi connectivity index (χ3n) is 12.2. The molecule has 10 heteroatoms. The van der Waals surface area contributed by atoms with Gasteiger partial charge in [0.2, 0.25) is 0 Å². The number of allylic oxidation sites excluding steroid dienone is 2. The lowest BCUT2D eigenvalue weighted by Gasteiger charge is -2.46. The molecule has 4 aromatic carbocycles. The van der Waals surface area contributed by atoms with Crippen molar-refractivity contribution in [2.75, 3.05) is 13.1 Å². The number of aliphatic hydroxyl groups excluding tert-OH is 1. The molecule has 3 aliphatic rings. The van der Waals surface area contributed by atoms with Crippen LogP contribution in [0.15, 0.2) is 114 Å². The molecule has 5 aromatic rings. The van der Waals surface area contributed by atoms with Crippen LogP contribution in [0.25, 0.3) is 10.8 Å². The van der Waals surface area contributed by atoms with Crippen LogP contribution < -0.4 is 4.74 Å². The van der Waals surface area contributed by atoms with E-state index in [1.54, 1.807) is 28.4 Å². The number of alkyl halides is 3. The Bertz CT molecular complexity index is 2270. The Kier molecular flexibility index (Phi) is 11.8. The highest BCUT2D eigenvalue weighted by Crippen LogP contribution is 2.59. The maximum Gasteiger partial charge on any atom is 0.416 e. The summed E-state index contributed by atoms with van der Waals surface area (Å²) < 4.78 is 47.5. The van der Waals surface area contributed by atoms with Crippen molar-refractivity contribution < 1.29 is 37.7 Å². The van der Waals surface area contributed by atoms with E-state index in [0.29, 0.717) is 68.4 Å². The van der Waals surface area contributed by atoms with Gasteiger partial charge in [-0.3, -0.25) is 4.79 Å². The Balaban J connectivity index is 1.27. The van der Waals surface area contributed by atoms with Gasteiger partial charge in [-0.05, 0) is 128 Å². The van der Waals surface area contributed by atoms with Crippen LogP contribution in [-0.2, 0) is 19.0 Å². The topological polar surface area (TPSA) is 87.1 Å². The van der Waals surface area contributed by atoms with Crippen LogP contribution in [-0.4, -0.2) is 51.8 Å². The number of ether oxygens (including phenoxy) is 1. The van der Waals surface area contributed by atoms with E-state index in [4.69, 9.17) is 4.74 Å². The lowest BCUT2D eigenvalue weighted by molar-refractivity contribution is -0.137. The van der Waals surface area contributed by atoms with Crippen molar-refractivity contribution in [2.45, 2.75) is 89.0 Å². The second-order valence-electron chi connectivity index (χ2n) is 16.0. The Hall–Kier alpha value is -4.77. The Morgan fingerprint density at radius 1 is 0.930 bits per heavy atom. The molecule has 2 bridgehead atoms. The average molecular weight is 796 g/mol. The van der Waals surface area contributed by atoms with Gasteiger partial charge in [-0.25, -0.2) is 4.79 Å². The number of hydrogen-bond acceptors (Lipinski definition) is 6. The van der Waals surface area contributed by atoms with Crippen molar-refractivity contribution in [3.8, 4) is 5.75 Å². The van der Waals surface area contributed by atoms with Crippen molar-refractivity contribution in [1.82, 2.24) is 4.90 Å². The summed E-state index contributed by atoms with van der Waals surface area (Å²) >= 11 is 1.59. The van der Waals surface area contributed by atoms with Crippen molar-refractivity contribution in [2.24, 2.45) is 5.41 Å². The number of amides is 1. The van der Waals surface area contributed by atoms with Crippen LogP contribution >= 0.6 is 11.3 Å². The maximum atomic E-state index is 14.4. The first-order chi connectivity index (χ1) is 27.2. The molecule has 0 radical (unpaired) electrons. The number of hydrogen-bond donors (Lipinski definition) is 2. The predicted octanol–water partition coefficient (Wildman–Crippen LogP) is 10.9. The summed E-state index contributed by atoms with van der Waals surface area (Å²) in [6.07, 6.45) is 0.152. The van der Waals surface area contributed by atoms with E-state index in [0.717, 1.165) is 33.4 Å². The van der Waals surface area contributed by atoms with Crippen LogP contribution in [0.2, 0.25) is 0 Å². The number of benzene rings is 4. The van der Waals surface area contributed by atoms with Crippen LogP contribution in [0, 0.1) is 5.41 Å². The molecule has 1 saturated carbocycles. The minimum Gasteiger partial charge on any atom is -0.410 e. The predicted molar refractivity (Wildman–Crippen MR) is 218 cm³/mol. The molecule has 0 aliphatic heterocycles. The first kappa shape index (κ1) is 40.4. The van der Waals surface area contributed by atoms with Gasteiger partial charge in [0.25, 0.3) is 0 Å². The second-order valence-corrected chi connectivity index (χ2v) is 17.0. The van der Waals surface area contributed by atoms with Gasteiger partial charge >= 0.3 is 12.3 Å². The van der Waals surface area contributed by atoms with Gasteiger partial charge in [-0.15, -0.1) is 11.3 Å². The summed E-state index contributed by atoms with van der Waals surface area (Å²) in [6, 6.07) is 27.2. The van der Waals surface area contributed by atoms with Gasteiger partial charge in [0, 0.05) is 28.0 Å². The average Bonchev–Trinajstić information content (AvgIpc) is 3.80. The summed E-state index contributed by atoms with van der Waals surface area (Å²) in [7, 11) is 0. The van der Waals surface area contributed by atoms with Crippen LogP contribution in [0.3, 0.4) is 0 Å². The molecule has 8 rings (SSSR count). The number of aliphatic hydroxyl groups is 2. The van der Waals surface area contributed by atoms with E-state index in [-0.39, 0.29) is 24.1 Å². The Labute approximate surface area is 335 Å². The molecule has 1 amide bonds. The van der Waals surface area contributed by atoms with Crippen molar-refractivity contribution in [3.63, 3.8) is 0 Å². The lowest BCUT2D eigenvalue weighted by Crippen LogP contribution is -2.54. The first-order valence-electron chi connectivity index (χ1n) is 19.6. The van der Waals surface area contributed by atoms with Crippen LogP contribution in [0.4, 0.5) is 18.0 Å². The molecule has 3 aliphatic carbocycles. The van der Waals surface area contributed by atoms with E-state index in [9.17, 15) is 33.0 Å². The number of thiophene rings is 1. The minimum atomic E-state index is -4.63. The largest absolute Gasteiger partial charge is 0.416 e. The molecule has 298 valence electrons. The molecule has 4 unspecified atom stereocenters. The molecule has 1 aromatic heterocycles. The fourth-order valence-corrected chi connectivity index (χ4v) is 9.53. The van der Waals surface area contributed by atoms with E-state index in [2.05, 4.69) is 6.08 Å². The molecule has 1 heterocycles. The molecular weight excluding hydrogens is 748 g/mol. The van der Waals surface area contributed by atoms with Gasteiger partial charge in [-0.1, -0.05) is 79.2 Å². The minimum absolute atomic E-state index is 0.0261. The number of rotatable bonds is 8. The smallest absolute Gasteiger partial charge is 0.410 e. The highest BCUT2D eigenvalue weighted by molar-refractivity contribution is 7.09. The fourth-order valence-electron chi connectivity index (χ4n) is 8.84. The number of carbonyl (C=O) groups excluding carboxylic acids is 2. The standard InChI is InChI=1S/C47H48F3NO5S/c1-31-8-6-22-45(2)42(40-19-15-32(26-37(52)17-14-31)27-41(40)43(53)35-11-5-12-36(28-35)47(48,49)50)20-23-46(45,55)30-51(24-21-39-13-7-25-57-39)44(54)56-38-18-16-33-9-3-4-10-34(33)29-38/h3-5,7-13,15-16,18-19,25,27-29,37,42,52,55H,6,14,17,20-24,26,30H2,1-2H3. The lowest BCUT2D eigenvalue weighted by atomic mass is 9.64. The fraction of sp³-hybridized carbons (Fsp3) is 0.362. The van der Waals surface area contributed by atoms with Gasteiger partial charge in [-0.2, -0.15) is 13.2 Å². The van der Waals surface area contributed by atoms with Crippen molar-refractivity contribution >= 4 is 34.0 Å². The van der Waals surface area contributed by atoms with Crippen molar-refractivity contribution in [1.29, 1.82) is 0 Å². The number of fused-ring (bicyclic) bond motifs is 9. The molecule has 1 fully saturated rings. The zero-order valence-electron chi connectivity index (χ0n) is 32.2. The summed E-state index contributed by atoms with van der Waals surface area (Å²) in [5.41, 5.74) is -0.602. The van der Waals surface area contributed by atoms with E-state index in [1.807, 2.05) is 79.9 Å². The SMILES string of the molecule is CC1=CCCC2(C)C(CCC2(O)CN(CCc2cccs2)C(=O)Oc2ccc3ccccc3c2)c2ccc(cc2C(=O)c2cccc(C(F)(F)F)c2)CC(O)CC1. The first-order valence-corrected chi connectivity index (χ1v) is 20.5. The van der Waals surface area contributed by atoms with E-state index < -0.39 is 46.7 Å². The summed E-state index contributed by atoms with van der Waals surface area (Å²) in [5, 5.41) is 27.9. The highest BCUT2D eigenvalue weighted by atomic mass is 32.1. The summed E-state index contributed by atoms with van der Waals surface area (Å²) in [4.78, 5) is 31.3. The summed E-state index contributed by atoms with van der Waals surface area (Å²) in [5.74, 6) is -0.549. The third kappa shape index (κ3) is 8.88. The van der Waals surface area contributed by atoms with Crippen LogP contribution in [0.1, 0.15) is 95.8 Å². The zero-order chi connectivity index (χ0) is 40.4. The Morgan fingerprint density at radius 2 is 1.74 bits per heavy atom. The molecule has 4 atom stereocenters. The van der Waals surface area contributed by atoms with E-state index in [1.165, 1.54) is 12.1 Å². The van der Waals surface area contributed by atoms with Gasteiger partial charge < -0.3 is 19.8 Å². The molecule has 0 spiro atoms. The molecule has 57 heavy (non-hydrogen) atoms. The number of ketones is 1. The molecule has 2 N–H and O–H groups in total. The second kappa shape index (κ2) is 16.6. The number of nitrogens with zero attached hydrogens (tertiary/aromatic N) is 1. The van der Waals surface area contributed by atoms with Gasteiger partial charge in [0.1, 0.15) is 5.75 Å². The van der Waals surface area contributed by atoms with Gasteiger partial charge in [0.15, 0.2) is 5.78 Å². The monoisotopic (exact) mass is 795 g/mol. The quantitative estimate of drug-likeness (QED) is 0.121. The third-order valence-corrected chi connectivity index (χ3v) is 13.1. The van der Waals surface area contributed by atoms with Crippen LogP contribution in [0.5, 0.6) is 5.75 Å². The van der Waals surface area contributed by atoms with E-state index >= 15 is 0 Å². The highest BCUT2D eigenvalue weighted by Gasteiger charge is 2.58. The molecular formula is C47H48F3NO5S. The normalized spacial score (nSPS) is 22.8. The molecule has 6 nitrogen and oxygen atoms in total. The van der Waals surface area contributed by atoms with Crippen molar-refractivity contribution in [3.05, 3.63) is 147 Å². The summed E-state index contributed by atoms with van der Waals surface area (Å²) in [6.45, 7) is 4.32. The zero-order valence-corrected chi connectivity index (χ0v) is 33.0. The maximum absolute atomic E-state index is 14.4. The number of halogens is 3. The number of carbonyl (C=O) groups is 2.